The lowest BCUT2D eigenvalue weighted by Crippen LogP contribution is -2.15. The van der Waals surface area contributed by atoms with Gasteiger partial charge in [0.25, 0.3) is 0 Å². The molecule has 104 valence electrons. The lowest BCUT2D eigenvalue weighted by atomic mass is 9.98. The molecule has 4 rings (SSSR count). The fraction of sp³-hybridized carbons (Fsp3) is 0.0667. The maximum absolute atomic E-state index is 14.0. The SMILES string of the molecule is O=C1c2ccc(F)c(F)c2Cn2c(=O)sc3cccc1c32. The molecule has 0 radical (unpaired) electrons. The fourth-order valence-electron chi connectivity index (χ4n) is 2.71. The van der Waals surface area contributed by atoms with Crippen LogP contribution in [0.3, 0.4) is 0 Å². The summed E-state index contributed by atoms with van der Waals surface area (Å²) in [4.78, 5) is 24.4. The first-order chi connectivity index (χ1) is 10.1. The van der Waals surface area contributed by atoms with Crippen LogP contribution in [0.25, 0.3) is 10.2 Å². The molecule has 0 saturated heterocycles. The van der Waals surface area contributed by atoms with Gasteiger partial charge in [0.1, 0.15) is 0 Å². The maximum Gasteiger partial charge on any atom is 0.308 e. The normalized spacial score (nSPS) is 13.3. The van der Waals surface area contributed by atoms with Gasteiger partial charge in [-0.2, -0.15) is 0 Å². The number of para-hydroxylation sites is 1. The van der Waals surface area contributed by atoms with E-state index in [0.717, 1.165) is 17.4 Å². The number of halogens is 2. The molecule has 21 heavy (non-hydrogen) atoms. The quantitative estimate of drug-likeness (QED) is 0.501. The molecule has 0 atom stereocenters. The minimum Gasteiger partial charge on any atom is -0.293 e. The van der Waals surface area contributed by atoms with Gasteiger partial charge < -0.3 is 0 Å². The van der Waals surface area contributed by atoms with Gasteiger partial charge in [-0.05, 0) is 24.3 Å². The van der Waals surface area contributed by atoms with Crippen LogP contribution in [0.4, 0.5) is 8.78 Å². The fourth-order valence-corrected chi connectivity index (χ4v) is 3.63. The van der Waals surface area contributed by atoms with Gasteiger partial charge in [0, 0.05) is 16.7 Å². The molecule has 1 aromatic heterocycles. The number of ketones is 1. The molecule has 3 nitrogen and oxygen atoms in total. The summed E-state index contributed by atoms with van der Waals surface area (Å²) in [5.41, 5.74) is 0.872. The third kappa shape index (κ3) is 1.56. The zero-order valence-electron chi connectivity index (χ0n) is 10.5. The van der Waals surface area contributed by atoms with E-state index in [1.54, 1.807) is 18.2 Å². The zero-order valence-corrected chi connectivity index (χ0v) is 11.3. The number of aromatic nitrogens is 1. The molecule has 2 aromatic carbocycles. The number of benzene rings is 2. The Labute approximate surface area is 121 Å². The smallest absolute Gasteiger partial charge is 0.293 e. The van der Waals surface area contributed by atoms with E-state index in [4.69, 9.17) is 0 Å². The summed E-state index contributed by atoms with van der Waals surface area (Å²) in [6.45, 7) is -0.138. The van der Waals surface area contributed by atoms with Crippen LogP contribution in [0.5, 0.6) is 0 Å². The van der Waals surface area contributed by atoms with Crippen molar-refractivity contribution in [3.63, 3.8) is 0 Å². The number of nitrogens with zero attached hydrogens (tertiary/aromatic N) is 1. The monoisotopic (exact) mass is 303 g/mol. The third-order valence-electron chi connectivity index (χ3n) is 3.69. The Morgan fingerprint density at radius 1 is 1.05 bits per heavy atom. The van der Waals surface area contributed by atoms with Gasteiger partial charge in [0.05, 0.1) is 16.8 Å². The van der Waals surface area contributed by atoms with Crippen LogP contribution in [0, 0.1) is 11.6 Å². The summed E-state index contributed by atoms with van der Waals surface area (Å²) in [6.07, 6.45) is 0. The van der Waals surface area contributed by atoms with Crippen LogP contribution < -0.4 is 4.87 Å². The van der Waals surface area contributed by atoms with Gasteiger partial charge in [-0.1, -0.05) is 17.4 Å². The highest BCUT2D eigenvalue weighted by Gasteiger charge is 2.27. The molecule has 0 saturated carbocycles. The van der Waals surface area contributed by atoms with Crippen LogP contribution in [0.1, 0.15) is 21.5 Å². The first-order valence-corrected chi connectivity index (χ1v) is 7.03. The predicted octanol–water partition coefficient (Wildman–Crippen LogP) is 2.93. The molecule has 0 spiro atoms. The lowest BCUT2D eigenvalue weighted by Gasteiger charge is -2.07. The van der Waals surface area contributed by atoms with E-state index in [2.05, 4.69) is 0 Å². The van der Waals surface area contributed by atoms with E-state index < -0.39 is 17.4 Å². The second kappa shape index (κ2) is 4.08. The summed E-state index contributed by atoms with van der Waals surface area (Å²) >= 11 is 0.993. The Balaban J connectivity index is 2.18. The van der Waals surface area contributed by atoms with E-state index in [-0.39, 0.29) is 22.5 Å². The second-order valence-corrected chi connectivity index (χ2v) is 5.82. The van der Waals surface area contributed by atoms with E-state index in [0.29, 0.717) is 15.8 Å². The second-order valence-electron chi connectivity index (χ2n) is 4.82. The maximum atomic E-state index is 14.0. The van der Waals surface area contributed by atoms with E-state index in [1.807, 2.05) is 0 Å². The zero-order chi connectivity index (χ0) is 14.7. The highest BCUT2D eigenvalue weighted by atomic mass is 32.1. The molecule has 0 N–H and O–H groups in total. The van der Waals surface area contributed by atoms with Crippen LogP contribution >= 0.6 is 11.3 Å². The molecule has 0 unspecified atom stereocenters. The molecule has 2 heterocycles. The Kier molecular flexibility index (Phi) is 2.41. The predicted molar refractivity (Wildman–Crippen MR) is 75.0 cm³/mol. The minimum absolute atomic E-state index is 0.0713. The summed E-state index contributed by atoms with van der Waals surface area (Å²) in [7, 11) is 0. The number of carbonyl (C=O) groups excluding carboxylic acids is 1. The van der Waals surface area contributed by atoms with Gasteiger partial charge in [-0.3, -0.25) is 14.2 Å². The number of rotatable bonds is 0. The molecular weight excluding hydrogens is 296 g/mol. The van der Waals surface area contributed by atoms with Crippen molar-refractivity contribution < 1.29 is 13.6 Å². The van der Waals surface area contributed by atoms with Gasteiger partial charge in [0.15, 0.2) is 17.4 Å². The summed E-state index contributed by atoms with van der Waals surface area (Å²) in [6, 6.07) is 7.23. The first-order valence-electron chi connectivity index (χ1n) is 6.22. The molecule has 0 aliphatic carbocycles. The minimum atomic E-state index is -1.07. The van der Waals surface area contributed by atoms with E-state index in [9.17, 15) is 18.4 Å². The van der Waals surface area contributed by atoms with Gasteiger partial charge >= 0.3 is 4.87 Å². The number of fused-ring (bicyclic) bond motifs is 1. The average Bonchev–Trinajstić information content (AvgIpc) is 2.71. The molecule has 0 bridgehead atoms. The number of carbonyl (C=O) groups is 1. The molecule has 3 aromatic rings. The van der Waals surface area contributed by atoms with Gasteiger partial charge in [-0.25, -0.2) is 8.78 Å². The van der Waals surface area contributed by atoms with E-state index >= 15 is 0 Å². The Bertz CT molecular complexity index is 987. The van der Waals surface area contributed by atoms with Crippen molar-refractivity contribution in [2.75, 3.05) is 0 Å². The van der Waals surface area contributed by atoms with Crippen molar-refractivity contribution in [3.8, 4) is 0 Å². The van der Waals surface area contributed by atoms with Crippen LogP contribution in [0.15, 0.2) is 35.1 Å². The number of thiazole rings is 1. The number of hydrogen-bond acceptors (Lipinski definition) is 3. The van der Waals surface area contributed by atoms with Crippen molar-refractivity contribution in [2.45, 2.75) is 6.54 Å². The summed E-state index contributed by atoms with van der Waals surface area (Å²) < 4.78 is 29.5. The molecule has 0 amide bonds. The van der Waals surface area contributed by atoms with Crippen molar-refractivity contribution in [3.05, 3.63) is 68.3 Å². The standard InChI is InChI=1S/C15H7F2NO2S/c16-10-5-4-7-9(12(10)17)6-18-13-8(14(7)19)2-1-3-11(13)21-15(18)20/h1-5H,6H2. The highest BCUT2D eigenvalue weighted by molar-refractivity contribution is 7.16. The Morgan fingerprint density at radius 3 is 2.67 bits per heavy atom. The van der Waals surface area contributed by atoms with Crippen LogP contribution in [-0.2, 0) is 6.54 Å². The summed E-state index contributed by atoms with van der Waals surface area (Å²) in [5.74, 6) is -2.48. The van der Waals surface area contributed by atoms with Crippen molar-refractivity contribution in [1.29, 1.82) is 0 Å². The lowest BCUT2D eigenvalue weighted by molar-refractivity contribution is 0.103. The Morgan fingerprint density at radius 2 is 1.86 bits per heavy atom. The first kappa shape index (κ1) is 12.4. The van der Waals surface area contributed by atoms with Crippen molar-refractivity contribution in [2.24, 2.45) is 0 Å². The third-order valence-corrected chi connectivity index (χ3v) is 4.63. The van der Waals surface area contributed by atoms with Gasteiger partial charge in [-0.15, -0.1) is 0 Å². The molecule has 1 aliphatic rings. The van der Waals surface area contributed by atoms with E-state index in [1.165, 1.54) is 10.6 Å². The van der Waals surface area contributed by atoms with Crippen molar-refractivity contribution >= 4 is 27.3 Å². The summed E-state index contributed by atoms with van der Waals surface area (Å²) in [5, 5.41) is 0. The average molecular weight is 303 g/mol. The highest BCUT2D eigenvalue weighted by Crippen LogP contribution is 2.30. The Hall–Kier alpha value is -2.34. The topological polar surface area (TPSA) is 39.1 Å². The van der Waals surface area contributed by atoms with Crippen LogP contribution in [0.2, 0.25) is 0 Å². The van der Waals surface area contributed by atoms with Crippen molar-refractivity contribution in [1.82, 2.24) is 4.57 Å². The molecule has 0 fully saturated rings. The van der Waals surface area contributed by atoms with Crippen LogP contribution in [-0.4, -0.2) is 10.4 Å². The largest absolute Gasteiger partial charge is 0.308 e. The molecule has 6 heteroatoms. The number of hydrogen-bond donors (Lipinski definition) is 0. The molecular formula is C15H7F2NO2S. The molecule has 1 aliphatic heterocycles. The van der Waals surface area contributed by atoms with Gasteiger partial charge in [0.2, 0.25) is 0 Å².